The van der Waals surface area contributed by atoms with E-state index in [4.69, 9.17) is 21.5 Å². The number of pyridine rings is 2. The molecule has 29 heavy (non-hydrogen) atoms. The second-order valence-corrected chi connectivity index (χ2v) is 7.75. The van der Waals surface area contributed by atoms with Crippen LogP contribution in [0.5, 0.6) is 0 Å². The van der Waals surface area contributed by atoms with Gasteiger partial charge in [-0.15, -0.1) is 0 Å². The Kier molecular flexibility index (Phi) is 3.77. The van der Waals surface area contributed by atoms with Crippen LogP contribution in [0.4, 0.5) is 0 Å². The van der Waals surface area contributed by atoms with E-state index >= 15 is 0 Å². The number of aryl methyl sites for hydroxylation is 1. The Labute approximate surface area is 167 Å². The molecule has 4 heterocycles. The number of carbonyl (C=O) groups excluding carboxylic acids is 1. The fourth-order valence-corrected chi connectivity index (χ4v) is 4.61. The zero-order chi connectivity index (χ0) is 20.3. The number of rotatable bonds is 2. The van der Waals surface area contributed by atoms with E-state index in [1.807, 2.05) is 31.2 Å². The number of nitrogens with one attached hydrogen (secondary N) is 2. The molecule has 3 aromatic rings. The van der Waals surface area contributed by atoms with E-state index in [2.05, 4.69) is 9.55 Å². The number of imidazole rings is 1. The molecule has 1 saturated carbocycles. The van der Waals surface area contributed by atoms with E-state index < -0.39 is 11.7 Å². The van der Waals surface area contributed by atoms with Crippen molar-refractivity contribution in [2.75, 3.05) is 0 Å². The predicted octanol–water partition coefficient (Wildman–Crippen LogP) is 2.33. The monoisotopic (exact) mass is 387 g/mol. The highest BCUT2D eigenvalue weighted by Crippen LogP contribution is 2.52. The summed E-state index contributed by atoms with van der Waals surface area (Å²) in [5, 5.41) is 16.0. The van der Waals surface area contributed by atoms with Crippen LogP contribution < -0.4 is 11.2 Å². The first kappa shape index (κ1) is 17.5. The van der Waals surface area contributed by atoms with Crippen molar-refractivity contribution in [3.63, 3.8) is 0 Å². The summed E-state index contributed by atoms with van der Waals surface area (Å²) in [5.74, 6) is 0.235. The lowest BCUT2D eigenvalue weighted by Crippen LogP contribution is -2.35. The second kappa shape index (κ2) is 6.23. The number of nitrogens with two attached hydrogens (primary N) is 1. The van der Waals surface area contributed by atoms with Gasteiger partial charge in [-0.3, -0.25) is 25.2 Å². The fraction of sp³-hybridized carbons (Fsp3) is 0.286. The van der Waals surface area contributed by atoms with Crippen molar-refractivity contribution in [2.24, 2.45) is 5.73 Å². The molecule has 8 nitrogen and oxygen atoms in total. The van der Waals surface area contributed by atoms with Gasteiger partial charge in [-0.05, 0) is 50.5 Å². The summed E-state index contributed by atoms with van der Waals surface area (Å²) in [4.78, 5) is 21.2. The molecule has 8 heteroatoms. The van der Waals surface area contributed by atoms with Crippen LogP contribution in [0, 0.1) is 17.7 Å². The first-order valence-electron chi connectivity index (χ1n) is 9.66. The highest BCUT2D eigenvalue weighted by molar-refractivity contribution is 6.36. The van der Waals surface area contributed by atoms with E-state index in [0.29, 0.717) is 12.0 Å². The minimum Gasteiger partial charge on any atom is -0.363 e. The third-order valence-corrected chi connectivity index (χ3v) is 5.90. The Hall–Kier alpha value is -3.55. The number of aromatic nitrogens is 4. The highest BCUT2D eigenvalue weighted by Gasteiger charge is 2.41. The zero-order valence-electron chi connectivity index (χ0n) is 16.0. The number of carbonyl (C=O) groups is 1. The van der Waals surface area contributed by atoms with E-state index in [1.165, 1.54) is 4.57 Å². The Bertz CT molecular complexity index is 1240. The van der Waals surface area contributed by atoms with Gasteiger partial charge in [0.2, 0.25) is 0 Å². The molecule has 2 aliphatic rings. The van der Waals surface area contributed by atoms with Crippen LogP contribution in [0.3, 0.4) is 0 Å². The number of hydrogen-bond donors (Lipinski definition) is 3. The summed E-state index contributed by atoms with van der Waals surface area (Å²) < 4.78 is 3.50. The third-order valence-electron chi connectivity index (χ3n) is 5.90. The van der Waals surface area contributed by atoms with Crippen molar-refractivity contribution >= 4 is 11.7 Å². The minimum atomic E-state index is -0.876. The Morgan fingerprint density at radius 3 is 2.79 bits per heavy atom. The van der Waals surface area contributed by atoms with E-state index in [1.54, 1.807) is 12.3 Å². The number of nitrogens with zero attached hydrogens (tertiary/aromatic N) is 4. The summed E-state index contributed by atoms with van der Waals surface area (Å²) in [6.45, 7) is 1.95. The molecule has 1 aliphatic carbocycles. The third kappa shape index (κ3) is 2.63. The number of fused-ring (bicyclic) bond motifs is 5. The van der Waals surface area contributed by atoms with Crippen molar-refractivity contribution in [3.05, 3.63) is 53.5 Å². The van der Waals surface area contributed by atoms with Crippen LogP contribution >= 0.6 is 0 Å². The normalized spacial score (nSPS) is 19.3. The zero-order valence-corrected chi connectivity index (χ0v) is 16.0. The molecule has 1 aliphatic heterocycles. The van der Waals surface area contributed by atoms with Crippen LogP contribution in [0.2, 0.25) is 0 Å². The van der Waals surface area contributed by atoms with Crippen molar-refractivity contribution in [3.8, 4) is 22.6 Å². The first-order valence-corrected chi connectivity index (χ1v) is 9.66. The summed E-state index contributed by atoms with van der Waals surface area (Å²) in [5.41, 5.74) is 9.54. The summed E-state index contributed by atoms with van der Waals surface area (Å²) in [7, 11) is 0. The van der Waals surface area contributed by atoms with Gasteiger partial charge in [0.1, 0.15) is 17.0 Å². The predicted molar refractivity (Wildman–Crippen MR) is 107 cm³/mol. The average Bonchev–Trinajstić information content (AvgIpc) is 3.40. The van der Waals surface area contributed by atoms with Gasteiger partial charge in [-0.2, -0.15) is 0 Å². The van der Waals surface area contributed by atoms with Crippen LogP contribution in [-0.2, 0) is 4.79 Å². The van der Waals surface area contributed by atoms with Crippen LogP contribution in [-0.4, -0.2) is 30.8 Å². The van der Waals surface area contributed by atoms with E-state index in [9.17, 15) is 4.79 Å². The van der Waals surface area contributed by atoms with Crippen LogP contribution in [0.15, 0.2) is 36.5 Å². The smallest absolute Gasteiger partial charge is 0.284 e. The van der Waals surface area contributed by atoms with E-state index in [-0.39, 0.29) is 5.49 Å². The van der Waals surface area contributed by atoms with Gasteiger partial charge in [0, 0.05) is 29.4 Å². The Morgan fingerprint density at radius 2 is 2.03 bits per heavy atom. The maximum atomic E-state index is 11.5. The average molecular weight is 387 g/mol. The van der Waals surface area contributed by atoms with Gasteiger partial charge < -0.3 is 10.3 Å². The molecule has 2 unspecified atom stereocenters. The SMILES string of the molecule is Cc1cccc(-c2nc3n(c2-c2ccc(=N)n(C(=N)C(N)=O)c2)C2CCC3C2)n1. The quantitative estimate of drug-likeness (QED) is 0.461. The lowest BCUT2D eigenvalue weighted by atomic mass is 10.1. The van der Waals surface area contributed by atoms with Crippen LogP contribution in [0.1, 0.15) is 42.7 Å². The molecular weight excluding hydrogens is 366 g/mol. The maximum absolute atomic E-state index is 11.5. The largest absolute Gasteiger partial charge is 0.363 e. The van der Waals surface area contributed by atoms with Gasteiger partial charge in [-0.1, -0.05) is 6.07 Å². The summed E-state index contributed by atoms with van der Waals surface area (Å²) in [6.07, 6.45) is 5.00. The van der Waals surface area contributed by atoms with Gasteiger partial charge in [-0.25, -0.2) is 4.98 Å². The molecule has 3 aromatic heterocycles. The Morgan fingerprint density at radius 1 is 1.21 bits per heavy atom. The molecule has 2 atom stereocenters. The van der Waals surface area contributed by atoms with Crippen molar-refractivity contribution in [2.45, 2.75) is 38.1 Å². The number of primary amides is 1. The topological polar surface area (TPSA) is 126 Å². The van der Waals surface area contributed by atoms with Crippen LogP contribution in [0.25, 0.3) is 22.6 Å². The highest BCUT2D eigenvalue weighted by atomic mass is 16.1. The maximum Gasteiger partial charge on any atom is 0.284 e. The van der Waals surface area contributed by atoms with Gasteiger partial charge in [0.25, 0.3) is 5.91 Å². The summed E-state index contributed by atoms with van der Waals surface area (Å²) >= 11 is 0. The Balaban J connectivity index is 1.76. The molecular formula is C21H21N7O. The molecule has 0 radical (unpaired) electrons. The molecule has 1 fully saturated rings. The van der Waals surface area contributed by atoms with Gasteiger partial charge >= 0.3 is 0 Å². The first-order chi connectivity index (χ1) is 13.9. The molecule has 0 saturated heterocycles. The number of amides is 1. The lowest BCUT2D eigenvalue weighted by Gasteiger charge is -2.18. The molecule has 0 spiro atoms. The fourth-order valence-electron chi connectivity index (χ4n) is 4.61. The standard InChI is InChI=1S/C21H21N7O/c1-11-3-2-4-15(25-11)17-18(28-14-7-5-12(9-14)21(28)26-17)13-6-8-16(22)27(10-13)19(23)20(24)29/h2-4,6,8,10,12,14,22-23H,5,7,9H2,1H3,(H2,24,29). The van der Waals surface area contributed by atoms with Crippen molar-refractivity contribution in [1.82, 2.24) is 19.1 Å². The molecule has 0 aromatic carbocycles. The molecule has 5 rings (SSSR count). The minimum absolute atomic E-state index is 0.0236. The second-order valence-electron chi connectivity index (χ2n) is 7.75. The van der Waals surface area contributed by atoms with Crippen molar-refractivity contribution in [1.29, 1.82) is 10.8 Å². The number of hydrogen-bond acceptors (Lipinski definition) is 5. The van der Waals surface area contributed by atoms with Crippen molar-refractivity contribution < 1.29 is 4.79 Å². The molecule has 146 valence electrons. The van der Waals surface area contributed by atoms with E-state index in [0.717, 1.165) is 53.4 Å². The van der Waals surface area contributed by atoms with Gasteiger partial charge in [0.15, 0.2) is 5.84 Å². The molecule has 4 N–H and O–H groups in total. The summed E-state index contributed by atoms with van der Waals surface area (Å²) in [6, 6.07) is 9.69. The van der Waals surface area contributed by atoms with Gasteiger partial charge in [0.05, 0.1) is 11.4 Å². The lowest BCUT2D eigenvalue weighted by molar-refractivity contribution is -0.112. The molecule has 2 bridgehead atoms. The molecule has 1 amide bonds.